The number of hydrogen-bond donors (Lipinski definition) is 0. The van der Waals surface area contributed by atoms with Gasteiger partial charge in [-0.25, -0.2) is 0 Å². The van der Waals surface area contributed by atoms with E-state index >= 15 is 0 Å². The third-order valence-corrected chi connectivity index (χ3v) is 6.60. The summed E-state index contributed by atoms with van der Waals surface area (Å²) in [7, 11) is 0. The van der Waals surface area contributed by atoms with Gasteiger partial charge in [0.15, 0.2) is 0 Å². The number of carbonyl (C=O) groups excluding carboxylic acids is 2. The summed E-state index contributed by atoms with van der Waals surface area (Å²) in [6.45, 7) is 0. The summed E-state index contributed by atoms with van der Waals surface area (Å²) in [5.74, 6) is -0.595. The zero-order valence-electron chi connectivity index (χ0n) is 10.7. The van der Waals surface area contributed by atoms with Gasteiger partial charge in [0.2, 0.25) is 0 Å². The monoisotopic (exact) mass is 256 g/mol. The van der Waals surface area contributed by atoms with E-state index in [4.69, 9.17) is 4.74 Å². The van der Waals surface area contributed by atoms with Crippen LogP contribution in [0.1, 0.15) is 25.7 Å². The van der Waals surface area contributed by atoms with Crippen LogP contribution in [-0.4, -0.2) is 11.9 Å². The van der Waals surface area contributed by atoms with Gasteiger partial charge < -0.3 is 4.74 Å². The molecule has 6 atom stereocenters. The zero-order chi connectivity index (χ0) is 12.8. The quantitative estimate of drug-likeness (QED) is 0.379. The Hall–Kier alpha value is -1.38. The highest BCUT2D eigenvalue weighted by molar-refractivity contribution is 5.98. The molecule has 0 amide bonds. The predicted molar refractivity (Wildman–Crippen MR) is 66.7 cm³/mol. The van der Waals surface area contributed by atoms with Gasteiger partial charge in [-0.2, -0.15) is 0 Å². The minimum atomic E-state index is -0.275. The summed E-state index contributed by atoms with van der Waals surface area (Å²) in [6.07, 6.45) is 13.9. The lowest BCUT2D eigenvalue weighted by atomic mass is 9.32. The first-order valence-corrected chi connectivity index (χ1v) is 7.34. The van der Waals surface area contributed by atoms with Crippen LogP contribution >= 0.6 is 0 Å². The second kappa shape index (κ2) is 2.87. The van der Waals surface area contributed by atoms with E-state index in [0.29, 0.717) is 0 Å². The molecule has 19 heavy (non-hydrogen) atoms. The van der Waals surface area contributed by atoms with Gasteiger partial charge in [0.25, 0.3) is 0 Å². The fourth-order valence-electron chi connectivity index (χ4n) is 5.89. The van der Waals surface area contributed by atoms with Crippen LogP contribution in [0.2, 0.25) is 0 Å². The summed E-state index contributed by atoms with van der Waals surface area (Å²) in [6, 6.07) is 0. The van der Waals surface area contributed by atoms with Gasteiger partial charge in [0, 0.05) is 22.7 Å². The average Bonchev–Trinajstić information content (AvgIpc) is 2.69. The Morgan fingerprint density at radius 3 is 1.79 bits per heavy atom. The Kier molecular flexibility index (Phi) is 1.57. The first kappa shape index (κ1) is 10.4. The van der Waals surface area contributed by atoms with Crippen molar-refractivity contribution in [3.63, 3.8) is 0 Å². The topological polar surface area (TPSA) is 43.4 Å². The largest absolute Gasteiger partial charge is 0.393 e. The number of cyclic esters (lactones) is 2. The van der Waals surface area contributed by atoms with E-state index in [2.05, 4.69) is 24.3 Å². The van der Waals surface area contributed by atoms with Crippen molar-refractivity contribution in [1.82, 2.24) is 0 Å². The molecule has 6 aliphatic rings. The van der Waals surface area contributed by atoms with Crippen LogP contribution < -0.4 is 0 Å². The van der Waals surface area contributed by atoms with E-state index in [1.54, 1.807) is 0 Å². The number of carbonyl (C=O) groups is 2. The van der Waals surface area contributed by atoms with Crippen LogP contribution in [0.25, 0.3) is 0 Å². The van der Waals surface area contributed by atoms with Crippen LogP contribution in [0.3, 0.4) is 0 Å². The molecule has 5 aliphatic carbocycles. The van der Waals surface area contributed by atoms with Crippen LogP contribution in [0, 0.1) is 34.5 Å². The fourth-order valence-corrected chi connectivity index (χ4v) is 5.89. The minimum absolute atomic E-state index is 0.148. The summed E-state index contributed by atoms with van der Waals surface area (Å²) in [4.78, 5) is 24.1. The highest BCUT2D eigenvalue weighted by atomic mass is 16.6. The van der Waals surface area contributed by atoms with Crippen molar-refractivity contribution in [3.05, 3.63) is 24.3 Å². The minimum Gasteiger partial charge on any atom is -0.393 e. The van der Waals surface area contributed by atoms with Gasteiger partial charge in [0.1, 0.15) is 0 Å². The number of esters is 2. The molecule has 2 saturated carbocycles. The summed E-state index contributed by atoms with van der Waals surface area (Å²) < 4.78 is 4.97. The lowest BCUT2D eigenvalue weighted by Gasteiger charge is -2.69. The molecule has 6 rings (SSSR count). The van der Waals surface area contributed by atoms with Crippen LogP contribution in [0.4, 0.5) is 0 Å². The van der Waals surface area contributed by atoms with Crippen molar-refractivity contribution < 1.29 is 14.3 Å². The molecule has 1 heterocycles. The smallest absolute Gasteiger partial charge is 0.318 e. The summed E-state index contributed by atoms with van der Waals surface area (Å²) >= 11 is 0. The van der Waals surface area contributed by atoms with E-state index in [0.717, 1.165) is 0 Å². The van der Waals surface area contributed by atoms with Crippen LogP contribution in [-0.2, 0) is 14.3 Å². The Morgan fingerprint density at radius 1 is 0.895 bits per heavy atom. The Bertz CT molecular complexity index is 527. The second-order valence-corrected chi connectivity index (χ2v) is 6.85. The molecule has 2 bridgehead atoms. The second-order valence-electron chi connectivity index (χ2n) is 6.85. The van der Waals surface area contributed by atoms with E-state index in [9.17, 15) is 9.59 Å². The van der Waals surface area contributed by atoms with Crippen molar-refractivity contribution in [2.45, 2.75) is 25.7 Å². The van der Waals surface area contributed by atoms with Crippen LogP contribution in [0.5, 0.6) is 0 Å². The van der Waals surface area contributed by atoms with E-state index in [-0.39, 0.29) is 46.4 Å². The number of allylic oxidation sites excluding steroid dienone is 4. The van der Waals surface area contributed by atoms with Crippen molar-refractivity contribution in [2.24, 2.45) is 34.5 Å². The Morgan fingerprint density at radius 2 is 1.37 bits per heavy atom. The number of rotatable bonds is 0. The Labute approximate surface area is 111 Å². The maximum absolute atomic E-state index is 12.1. The van der Waals surface area contributed by atoms with Crippen molar-refractivity contribution >= 4 is 11.9 Å². The first-order valence-electron chi connectivity index (χ1n) is 7.34. The number of hydrogen-bond acceptors (Lipinski definition) is 3. The molecule has 3 heteroatoms. The molecule has 0 aromatic carbocycles. The molecule has 0 aromatic rings. The van der Waals surface area contributed by atoms with Gasteiger partial charge >= 0.3 is 11.9 Å². The third kappa shape index (κ3) is 0.851. The van der Waals surface area contributed by atoms with Gasteiger partial charge in [-0.3, -0.25) is 9.59 Å². The molecule has 0 aromatic heterocycles. The lowest BCUT2D eigenvalue weighted by molar-refractivity contribution is -0.154. The molecular weight excluding hydrogens is 240 g/mol. The molecule has 0 N–H and O–H groups in total. The maximum Gasteiger partial charge on any atom is 0.318 e. The third-order valence-electron chi connectivity index (χ3n) is 6.60. The lowest BCUT2D eigenvalue weighted by Crippen LogP contribution is -2.66. The normalized spacial score (nSPS) is 56.2. The van der Waals surface area contributed by atoms with E-state index < -0.39 is 0 Å². The van der Waals surface area contributed by atoms with Crippen molar-refractivity contribution in [1.29, 1.82) is 0 Å². The molecule has 0 unspecified atom stereocenters. The van der Waals surface area contributed by atoms with Gasteiger partial charge in [-0.15, -0.1) is 0 Å². The highest BCUT2D eigenvalue weighted by Crippen LogP contribution is 2.75. The van der Waals surface area contributed by atoms with Gasteiger partial charge in [-0.1, -0.05) is 37.1 Å². The van der Waals surface area contributed by atoms with Crippen molar-refractivity contribution in [3.8, 4) is 0 Å². The zero-order valence-corrected chi connectivity index (χ0v) is 10.7. The molecule has 3 nitrogen and oxygen atoms in total. The summed E-state index contributed by atoms with van der Waals surface area (Å²) in [5, 5.41) is 0. The average molecular weight is 256 g/mol. The Balaban J connectivity index is 1.75. The molecule has 1 aliphatic heterocycles. The van der Waals surface area contributed by atoms with Gasteiger partial charge in [-0.05, 0) is 12.8 Å². The van der Waals surface area contributed by atoms with Crippen LogP contribution in [0.15, 0.2) is 24.3 Å². The fraction of sp³-hybridized carbons (Fsp3) is 0.625. The van der Waals surface area contributed by atoms with E-state index in [1.807, 2.05) is 0 Å². The molecule has 3 fully saturated rings. The molecule has 98 valence electrons. The van der Waals surface area contributed by atoms with E-state index in [1.165, 1.54) is 25.7 Å². The van der Waals surface area contributed by atoms with Crippen molar-refractivity contribution in [2.75, 3.05) is 0 Å². The molecule has 0 spiro atoms. The number of ether oxygens (including phenoxy) is 1. The molecule has 1 saturated heterocycles. The molecular formula is C16H16O3. The predicted octanol–water partition coefficient (Wildman–Crippen LogP) is 2.23. The SMILES string of the molecule is O=C1OC(=O)[C@H]2[C@@H]1[C@H]1C=C[C@H]2[C@@]23C=C[C@@]12CCCC3. The first-order chi connectivity index (χ1) is 9.20. The van der Waals surface area contributed by atoms with Gasteiger partial charge in [0.05, 0.1) is 11.8 Å². The molecule has 0 radical (unpaired) electrons. The highest BCUT2D eigenvalue weighted by Gasteiger charge is 2.74. The maximum atomic E-state index is 12.1. The standard InChI is InChI=1S/C16H16O3/c17-13-11-9-3-4-10(12(11)14(18)19-13)16-6-2-1-5-15(9,16)7-8-16/h3-4,7-12H,1-2,5-6H2/t9-,10-,11-,12+,15-,16+/m1/s1. The summed E-state index contributed by atoms with van der Waals surface area (Å²) in [5.41, 5.74) is 0.297.